The Morgan fingerprint density at radius 3 is 2.62 bits per heavy atom. The third-order valence-corrected chi connectivity index (χ3v) is 5.82. The Morgan fingerprint density at radius 2 is 1.90 bits per heavy atom. The lowest BCUT2D eigenvalue weighted by Gasteiger charge is -1.99. The fourth-order valence-corrected chi connectivity index (χ4v) is 4.13. The monoisotopic (exact) mass is 443 g/mol. The first-order chi connectivity index (χ1) is 14.0. The molecule has 0 spiro atoms. The Hall–Kier alpha value is -2.88. The van der Waals surface area contributed by atoms with Crippen molar-refractivity contribution in [3.63, 3.8) is 0 Å². The van der Waals surface area contributed by atoms with E-state index in [9.17, 15) is 4.79 Å². The van der Waals surface area contributed by atoms with Gasteiger partial charge in [0.05, 0.1) is 22.5 Å². The van der Waals surface area contributed by atoms with Crippen LogP contribution in [0.4, 0.5) is 0 Å². The molecule has 0 radical (unpaired) electrons. The highest BCUT2D eigenvalue weighted by Crippen LogP contribution is 2.32. The van der Waals surface area contributed by atoms with Crippen molar-refractivity contribution in [2.75, 3.05) is 0 Å². The van der Waals surface area contributed by atoms with Gasteiger partial charge in [0.15, 0.2) is 5.69 Å². The maximum Gasteiger partial charge on any atom is 0.294 e. The van der Waals surface area contributed by atoms with Crippen LogP contribution in [-0.2, 0) is 0 Å². The minimum atomic E-state index is -0.485. The summed E-state index contributed by atoms with van der Waals surface area (Å²) >= 11 is 8.87. The molecule has 3 aromatic heterocycles. The zero-order valence-corrected chi connectivity index (χ0v) is 17.7. The van der Waals surface area contributed by atoms with E-state index in [1.165, 1.54) is 17.6 Å². The molecule has 10 heteroatoms. The number of nitrogens with one attached hydrogen (secondary N) is 1. The molecule has 29 heavy (non-hydrogen) atoms. The Kier molecular flexibility index (Phi) is 5.52. The molecule has 0 fully saturated rings. The van der Waals surface area contributed by atoms with Crippen LogP contribution >= 0.6 is 34.3 Å². The standard InChI is InChI=1S/C19H14ClN5O2S2/c1-10-16(14-8-29-19(23-14)15-9-28-11(2)22-15)17(25-27-10)18(26)24-21-7-12-3-5-13(20)6-4-12/h3-9H,1-2H3,(H,24,26)/b21-7+. The van der Waals surface area contributed by atoms with Gasteiger partial charge < -0.3 is 4.52 Å². The number of hydrogen-bond donors (Lipinski definition) is 1. The highest BCUT2D eigenvalue weighted by atomic mass is 35.5. The van der Waals surface area contributed by atoms with Crippen molar-refractivity contribution in [2.45, 2.75) is 13.8 Å². The maximum absolute atomic E-state index is 12.6. The molecule has 0 bridgehead atoms. The van der Waals surface area contributed by atoms with Gasteiger partial charge >= 0.3 is 0 Å². The van der Waals surface area contributed by atoms with Gasteiger partial charge in [-0.25, -0.2) is 15.4 Å². The van der Waals surface area contributed by atoms with E-state index in [-0.39, 0.29) is 5.69 Å². The molecule has 1 N–H and O–H groups in total. The summed E-state index contributed by atoms with van der Waals surface area (Å²) in [5.41, 5.74) is 5.36. The maximum atomic E-state index is 12.6. The summed E-state index contributed by atoms with van der Waals surface area (Å²) in [5, 5.41) is 14.0. The number of hydrogen-bond acceptors (Lipinski definition) is 8. The van der Waals surface area contributed by atoms with Crippen LogP contribution in [0.5, 0.6) is 0 Å². The minimum Gasteiger partial charge on any atom is -0.360 e. The SMILES string of the molecule is Cc1nc(-c2nc(-c3c(C(=O)N/N=C/c4ccc(Cl)cc4)noc3C)cs2)cs1. The molecule has 4 aromatic rings. The lowest BCUT2D eigenvalue weighted by molar-refractivity contribution is 0.0946. The van der Waals surface area contributed by atoms with Crippen LogP contribution in [-0.4, -0.2) is 27.2 Å². The van der Waals surface area contributed by atoms with Crippen LogP contribution in [0.25, 0.3) is 22.0 Å². The topological polar surface area (TPSA) is 93.3 Å². The summed E-state index contributed by atoms with van der Waals surface area (Å²) in [5.74, 6) is 0.0178. The minimum absolute atomic E-state index is 0.127. The smallest absolute Gasteiger partial charge is 0.294 e. The first-order valence-corrected chi connectivity index (χ1v) is 10.6. The highest BCUT2D eigenvalue weighted by Gasteiger charge is 2.23. The molecule has 1 amide bonds. The van der Waals surface area contributed by atoms with Gasteiger partial charge in [0.1, 0.15) is 16.5 Å². The quantitative estimate of drug-likeness (QED) is 0.347. The van der Waals surface area contributed by atoms with Crippen LogP contribution in [0, 0.1) is 13.8 Å². The third-order valence-electron chi connectivity index (χ3n) is 3.93. The Morgan fingerprint density at radius 1 is 1.14 bits per heavy atom. The Labute approximate surface area is 179 Å². The molecule has 0 saturated heterocycles. The van der Waals surface area contributed by atoms with E-state index in [1.807, 2.05) is 17.7 Å². The van der Waals surface area contributed by atoms with Crippen molar-refractivity contribution in [1.29, 1.82) is 0 Å². The van der Waals surface area contributed by atoms with Crippen molar-refractivity contribution in [2.24, 2.45) is 5.10 Å². The van der Waals surface area contributed by atoms with Crippen molar-refractivity contribution in [3.05, 3.63) is 62.1 Å². The number of carbonyl (C=O) groups excluding carboxylic acids is 1. The van der Waals surface area contributed by atoms with Crippen LogP contribution in [0.2, 0.25) is 5.02 Å². The molecule has 3 heterocycles. The number of hydrazone groups is 1. The number of aryl methyl sites for hydroxylation is 2. The zero-order chi connectivity index (χ0) is 20.4. The lowest BCUT2D eigenvalue weighted by atomic mass is 10.1. The van der Waals surface area contributed by atoms with Gasteiger partial charge in [-0.3, -0.25) is 4.79 Å². The van der Waals surface area contributed by atoms with Gasteiger partial charge in [-0.05, 0) is 31.5 Å². The van der Waals surface area contributed by atoms with Gasteiger partial charge in [0, 0.05) is 15.8 Å². The summed E-state index contributed by atoms with van der Waals surface area (Å²) in [6.45, 7) is 3.68. The molecule has 0 saturated carbocycles. The average Bonchev–Trinajstić information content (AvgIpc) is 3.42. The van der Waals surface area contributed by atoms with E-state index >= 15 is 0 Å². The number of amides is 1. The van der Waals surface area contributed by atoms with Gasteiger partial charge in [0.25, 0.3) is 5.91 Å². The van der Waals surface area contributed by atoms with E-state index in [4.69, 9.17) is 16.1 Å². The van der Waals surface area contributed by atoms with Crippen LogP contribution < -0.4 is 5.43 Å². The summed E-state index contributed by atoms with van der Waals surface area (Å²) in [6.07, 6.45) is 1.52. The first kappa shape index (κ1) is 19.4. The second kappa shape index (κ2) is 8.24. The van der Waals surface area contributed by atoms with Gasteiger partial charge in [-0.15, -0.1) is 22.7 Å². The molecule has 7 nitrogen and oxygen atoms in total. The molecule has 4 rings (SSSR count). The second-order valence-corrected chi connectivity index (χ2v) is 8.36. The van der Waals surface area contributed by atoms with Crippen molar-refractivity contribution >= 4 is 46.4 Å². The number of nitrogens with zero attached hydrogens (tertiary/aromatic N) is 4. The summed E-state index contributed by atoms with van der Waals surface area (Å²) < 4.78 is 5.24. The molecule has 0 atom stereocenters. The largest absolute Gasteiger partial charge is 0.360 e. The van der Waals surface area contributed by atoms with Crippen molar-refractivity contribution in [3.8, 4) is 22.0 Å². The van der Waals surface area contributed by atoms with E-state index in [2.05, 4.69) is 25.7 Å². The number of halogens is 1. The molecule has 0 aliphatic rings. The number of benzene rings is 1. The lowest BCUT2D eigenvalue weighted by Crippen LogP contribution is -2.19. The Balaban J connectivity index is 1.55. The van der Waals surface area contributed by atoms with Crippen molar-refractivity contribution < 1.29 is 9.32 Å². The molecular weight excluding hydrogens is 430 g/mol. The molecule has 0 unspecified atom stereocenters. The van der Waals surface area contributed by atoms with Gasteiger partial charge in [-0.1, -0.05) is 28.9 Å². The number of carbonyl (C=O) groups is 1. The number of aromatic nitrogens is 3. The summed E-state index contributed by atoms with van der Waals surface area (Å²) in [4.78, 5) is 21.6. The van der Waals surface area contributed by atoms with Gasteiger partial charge in [0.2, 0.25) is 0 Å². The van der Waals surface area contributed by atoms with E-state index in [0.29, 0.717) is 22.0 Å². The first-order valence-electron chi connectivity index (χ1n) is 8.45. The summed E-state index contributed by atoms with van der Waals surface area (Å²) in [7, 11) is 0. The molecule has 0 aliphatic carbocycles. The van der Waals surface area contributed by atoms with Crippen LogP contribution in [0.3, 0.4) is 0 Å². The molecule has 146 valence electrons. The predicted octanol–water partition coefficient (Wildman–Crippen LogP) is 4.96. The normalized spacial score (nSPS) is 11.3. The zero-order valence-electron chi connectivity index (χ0n) is 15.3. The van der Waals surface area contributed by atoms with Crippen molar-refractivity contribution in [1.82, 2.24) is 20.6 Å². The fraction of sp³-hybridized carbons (Fsp3) is 0.105. The van der Waals surface area contributed by atoms with Crippen LogP contribution in [0.15, 0.2) is 44.7 Å². The van der Waals surface area contributed by atoms with E-state index in [1.54, 1.807) is 42.5 Å². The fourth-order valence-electron chi connectivity index (χ4n) is 2.56. The summed E-state index contributed by atoms with van der Waals surface area (Å²) in [6, 6.07) is 7.07. The number of rotatable bonds is 5. The molecular formula is C19H14ClN5O2S2. The molecule has 0 aliphatic heterocycles. The molecule has 1 aromatic carbocycles. The van der Waals surface area contributed by atoms with Gasteiger partial charge in [-0.2, -0.15) is 5.10 Å². The number of thiazole rings is 2. The second-order valence-electron chi connectivity index (χ2n) is 6.00. The highest BCUT2D eigenvalue weighted by molar-refractivity contribution is 7.14. The average molecular weight is 444 g/mol. The predicted molar refractivity (Wildman–Crippen MR) is 115 cm³/mol. The van der Waals surface area contributed by atoms with E-state index in [0.717, 1.165) is 21.3 Å². The Bertz CT molecular complexity index is 1190. The van der Waals surface area contributed by atoms with E-state index < -0.39 is 5.91 Å². The van der Waals surface area contributed by atoms with Crippen LogP contribution in [0.1, 0.15) is 26.8 Å². The third kappa shape index (κ3) is 4.26.